The number of carbonyl (C=O) groups is 1. The second-order valence-corrected chi connectivity index (χ2v) is 5.43. The summed E-state index contributed by atoms with van der Waals surface area (Å²) in [6.45, 7) is 0. The molecule has 0 radical (unpaired) electrons. The third-order valence-corrected chi connectivity index (χ3v) is 5.38. The van der Waals surface area contributed by atoms with Gasteiger partial charge in [-0.15, -0.1) is 0 Å². The van der Waals surface area contributed by atoms with E-state index < -0.39 is 0 Å². The smallest absolute Gasteiger partial charge is 0.230 e. The fourth-order valence-electron chi connectivity index (χ4n) is 0.988. The predicted octanol–water partition coefficient (Wildman–Crippen LogP) is 2.18. The van der Waals surface area contributed by atoms with Crippen LogP contribution in [0.15, 0.2) is 11.1 Å². The van der Waals surface area contributed by atoms with Gasteiger partial charge in [0.1, 0.15) is 5.37 Å². The number of hydrogen-bond acceptors (Lipinski definition) is 3. The molecule has 1 amide bonds. The lowest BCUT2D eigenvalue weighted by molar-refractivity contribution is -0.137. The molecule has 1 saturated heterocycles. The third-order valence-electron chi connectivity index (χ3n) is 1.63. The molecule has 2 rings (SSSR count). The maximum Gasteiger partial charge on any atom is 0.230 e. The molecule has 0 aromatic heterocycles. The molecule has 0 aromatic carbocycles. The van der Waals surface area contributed by atoms with E-state index in [9.17, 15) is 4.79 Å². The Balaban J connectivity index is 2.13. The summed E-state index contributed by atoms with van der Waals surface area (Å²) in [6, 6.07) is 0. The van der Waals surface area contributed by atoms with Gasteiger partial charge in [0.05, 0.1) is 6.42 Å². The lowest BCUT2D eigenvalue weighted by Gasteiger charge is -2.40. The minimum atomic E-state index is 0.251. The first-order valence-electron chi connectivity index (χ1n) is 3.22. The maximum atomic E-state index is 11.0. The van der Waals surface area contributed by atoms with E-state index in [1.54, 1.807) is 21.6 Å². The number of nitrogens with zero attached hydrogens (tertiary/aromatic N) is 1. The van der Waals surface area contributed by atoms with Gasteiger partial charge in [-0.3, -0.25) is 4.79 Å². The Morgan fingerprint density at radius 3 is 3.27 bits per heavy atom. The van der Waals surface area contributed by atoms with Gasteiger partial charge < -0.3 is 4.90 Å². The van der Waals surface area contributed by atoms with Gasteiger partial charge in [0.2, 0.25) is 5.91 Å². The predicted molar refractivity (Wildman–Crippen MR) is 52.3 cm³/mol. The fourth-order valence-corrected chi connectivity index (χ4v) is 4.34. The van der Waals surface area contributed by atoms with E-state index in [1.807, 2.05) is 11.1 Å². The van der Waals surface area contributed by atoms with Crippen LogP contribution in [0.1, 0.15) is 6.42 Å². The van der Waals surface area contributed by atoms with E-state index in [2.05, 4.69) is 15.9 Å². The first-order valence-corrected chi connectivity index (χ1v) is 6.56. The van der Waals surface area contributed by atoms with Gasteiger partial charge in [0.25, 0.3) is 0 Å². The number of β-lactam (4-membered cyclic amide) rings is 1. The van der Waals surface area contributed by atoms with Crippen LogP contribution < -0.4 is 0 Å². The molecule has 0 aliphatic carbocycles. The van der Waals surface area contributed by atoms with Gasteiger partial charge in [-0.05, 0) is 0 Å². The van der Waals surface area contributed by atoms with Crippen molar-refractivity contribution in [2.75, 3.05) is 5.33 Å². The van der Waals surface area contributed by atoms with E-state index in [1.165, 1.54) is 4.91 Å². The van der Waals surface area contributed by atoms with E-state index >= 15 is 0 Å². The number of allylic oxidation sites excluding steroid dienone is 1. The normalized spacial score (nSPS) is 29.2. The molecule has 60 valence electrons. The molecule has 5 heteroatoms. The van der Waals surface area contributed by atoms with Crippen molar-refractivity contribution < 1.29 is 4.79 Å². The van der Waals surface area contributed by atoms with Crippen molar-refractivity contribution in [2.24, 2.45) is 0 Å². The van der Waals surface area contributed by atoms with Crippen molar-refractivity contribution in [3.63, 3.8) is 0 Å². The van der Waals surface area contributed by atoms with Gasteiger partial charge in [0, 0.05) is 16.4 Å². The van der Waals surface area contributed by atoms with E-state index in [-0.39, 0.29) is 5.91 Å². The van der Waals surface area contributed by atoms with Crippen LogP contribution in [-0.2, 0) is 4.79 Å². The zero-order chi connectivity index (χ0) is 7.84. The monoisotopic (exact) mass is 251 g/mol. The van der Waals surface area contributed by atoms with Crippen LogP contribution in [0.25, 0.3) is 0 Å². The number of rotatable bonds is 1. The number of halogens is 1. The average molecular weight is 252 g/mol. The van der Waals surface area contributed by atoms with Crippen molar-refractivity contribution >= 4 is 43.4 Å². The molecule has 1 fully saturated rings. The Kier molecular flexibility index (Phi) is 2.21. The molecule has 2 aliphatic heterocycles. The van der Waals surface area contributed by atoms with Crippen LogP contribution in [0, 0.1) is 0 Å². The second kappa shape index (κ2) is 3.03. The van der Waals surface area contributed by atoms with Crippen molar-refractivity contribution in [3.05, 3.63) is 11.1 Å². The van der Waals surface area contributed by atoms with E-state index in [4.69, 9.17) is 0 Å². The molecular formula is C6H6BrNOS2. The molecule has 2 aliphatic rings. The van der Waals surface area contributed by atoms with Gasteiger partial charge in [0.15, 0.2) is 0 Å². The Morgan fingerprint density at radius 1 is 1.82 bits per heavy atom. The molecule has 0 saturated carbocycles. The quantitative estimate of drug-likeness (QED) is 0.405. The highest BCUT2D eigenvalue weighted by Gasteiger charge is 2.38. The summed E-state index contributed by atoms with van der Waals surface area (Å²) in [7, 11) is 3.54. The summed E-state index contributed by atoms with van der Waals surface area (Å²) in [6.07, 6.45) is 2.66. The Labute approximate surface area is 81.3 Å². The summed E-state index contributed by atoms with van der Waals surface area (Å²) >= 11 is 3.36. The Morgan fingerprint density at radius 2 is 2.64 bits per heavy atom. The van der Waals surface area contributed by atoms with E-state index in [0.717, 1.165) is 5.33 Å². The fraction of sp³-hybridized carbons (Fsp3) is 0.500. The molecule has 0 unspecified atom stereocenters. The van der Waals surface area contributed by atoms with Crippen LogP contribution in [0.3, 0.4) is 0 Å². The number of carbonyl (C=O) groups excluding carboxylic acids is 1. The first-order chi connectivity index (χ1) is 5.31. The van der Waals surface area contributed by atoms with Crippen LogP contribution in [-0.4, -0.2) is 21.5 Å². The molecule has 11 heavy (non-hydrogen) atoms. The van der Waals surface area contributed by atoms with Crippen LogP contribution in [0.2, 0.25) is 0 Å². The average Bonchev–Trinajstić information content (AvgIpc) is 2.03. The lowest BCUT2D eigenvalue weighted by atomic mass is 10.2. The molecule has 0 spiro atoms. The molecule has 1 atom stereocenters. The number of amides is 1. The molecule has 0 N–H and O–H groups in total. The van der Waals surface area contributed by atoms with Gasteiger partial charge in [-0.1, -0.05) is 37.5 Å². The minimum Gasteiger partial charge on any atom is -0.304 e. The standard InChI is InChI=1S/C6H6BrNOS2/c7-2-4-3-8-5(9)1-6(8)11-10-4/h3,6H,1-2H2/t6-/m0/s1. The van der Waals surface area contributed by atoms with Crippen molar-refractivity contribution in [2.45, 2.75) is 11.8 Å². The number of hydrogen-bond donors (Lipinski definition) is 0. The highest BCUT2D eigenvalue weighted by atomic mass is 79.9. The van der Waals surface area contributed by atoms with Crippen LogP contribution in [0.4, 0.5) is 0 Å². The first kappa shape index (κ1) is 8.01. The van der Waals surface area contributed by atoms with Crippen molar-refractivity contribution in [1.82, 2.24) is 4.90 Å². The zero-order valence-electron chi connectivity index (χ0n) is 5.62. The number of alkyl halides is 1. The Bertz CT molecular complexity index is 231. The molecule has 2 heterocycles. The highest BCUT2D eigenvalue weighted by molar-refractivity contribution is 9.09. The summed E-state index contributed by atoms with van der Waals surface area (Å²) < 4.78 is 0. The summed E-state index contributed by atoms with van der Waals surface area (Å²) in [4.78, 5) is 14.0. The lowest BCUT2D eigenvalue weighted by Crippen LogP contribution is -2.47. The largest absolute Gasteiger partial charge is 0.304 e. The van der Waals surface area contributed by atoms with Crippen LogP contribution >= 0.6 is 37.5 Å². The van der Waals surface area contributed by atoms with E-state index in [0.29, 0.717) is 11.8 Å². The Hall–Kier alpha value is 0.390. The molecular weight excluding hydrogens is 246 g/mol. The summed E-state index contributed by atoms with van der Waals surface area (Å²) in [5.74, 6) is 0.251. The van der Waals surface area contributed by atoms with Gasteiger partial charge in [-0.2, -0.15) is 0 Å². The third kappa shape index (κ3) is 1.34. The molecule has 0 aromatic rings. The van der Waals surface area contributed by atoms with Gasteiger partial charge in [-0.25, -0.2) is 0 Å². The van der Waals surface area contributed by atoms with Crippen molar-refractivity contribution in [1.29, 1.82) is 0 Å². The minimum absolute atomic E-state index is 0.251. The topological polar surface area (TPSA) is 20.3 Å². The van der Waals surface area contributed by atoms with Crippen LogP contribution in [0.5, 0.6) is 0 Å². The van der Waals surface area contributed by atoms with Gasteiger partial charge >= 0.3 is 0 Å². The van der Waals surface area contributed by atoms with Crippen molar-refractivity contribution in [3.8, 4) is 0 Å². The SMILES string of the molecule is O=C1C[C@@H]2SSC(CBr)=CN12. The molecule has 0 bridgehead atoms. The number of fused-ring (bicyclic) bond motifs is 1. The second-order valence-electron chi connectivity index (χ2n) is 2.37. The maximum absolute atomic E-state index is 11.0. The zero-order valence-corrected chi connectivity index (χ0v) is 8.84. The highest BCUT2D eigenvalue weighted by Crippen LogP contribution is 2.46. The molecule has 2 nitrogen and oxygen atoms in total. The summed E-state index contributed by atoms with van der Waals surface area (Å²) in [5.41, 5.74) is 0. The summed E-state index contributed by atoms with van der Waals surface area (Å²) in [5, 5.41) is 1.26.